The number of benzene rings is 3. The van der Waals surface area contributed by atoms with Crippen LogP contribution in [0.3, 0.4) is 0 Å². The summed E-state index contributed by atoms with van der Waals surface area (Å²) in [6.07, 6.45) is 9.69. The molecular formula is C51H70N10O7S. The van der Waals surface area contributed by atoms with E-state index in [0.29, 0.717) is 91.1 Å². The Morgan fingerprint density at radius 3 is 2.16 bits per heavy atom. The molecule has 1 spiro atoms. The van der Waals surface area contributed by atoms with E-state index in [4.69, 9.17) is 54.6 Å². The SMILES string of the molecule is CNc1nc2cc(OCCCN3CCCC3)c(OC)cc2n1CC1CC2(CO1)C(N)=Nc1cc(OCCCN3CCCC3C3CCN(CCCOc4cc5nc(N)sc5cc4OC)C3)c(OC)cc12. The summed E-state index contributed by atoms with van der Waals surface area (Å²) in [5.41, 5.74) is 16.6. The maximum atomic E-state index is 6.83. The molecule has 5 aliphatic heterocycles. The van der Waals surface area contributed by atoms with Crippen molar-refractivity contribution in [1.82, 2.24) is 29.2 Å². The van der Waals surface area contributed by atoms with Crippen molar-refractivity contribution in [1.29, 1.82) is 0 Å². The van der Waals surface area contributed by atoms with Gasteiger partial charge in [-0.3, -0.25) is 4.90 Å². The number of aliphatic imine (C=N–C) groups is 1. The zero-order valence-electron chi connectivity index (χ0n) is 40.8. The van der Waals surface area contributed by atoms with Gasteiger partial charge in [0.2, 0.25) is 5.95 Å². The number of amidine groups is 1. The Balaban J connectivity index is 0.708. The lowest BCUT2D eigenvalue weighted by atomic mass is 9.78. The van der Waals surface area contributed by atoms with Crippen LogP contribution in [0.5, 0.6) is 34.5 Å². The van der Waals surface area contributed by atoms with Gasteiger partial charge in [-0.15, -0.1) is 0 Å². The molecule has 4 unspecified atom stereocenters. The summed E-state index contributed by atoms with van der Waals surface area (Å²) in [5, 5.41) is 3.84. The third-order valence-electron chi connectivity index (χ3n) is 15.1. The van der Waals surface area contributed by atoms with Crippen molar-refractivity contribution in [3.8, 4) is 34.5 Å². The van der Waals surface area contributed by atoms with E-state index >= 15 is 0 Å². The van der Waals surface area contributed by atoms with Crippen LogP contribution in [0.25, 0.3) is 21.3 Å². The van der Waals surface area contributed by atoms with Crippen LogP contribution in [0.2, 0.25) is 0 Å². The zero-order valence-corrected chi connectivity index (χ0v) is 41.6. The van der Waals surface area contributed by atoms with Crippen molar-refractivity contribution < 1.29 is 33.2 Å². The number of likely N-dealkylation sites (tertiary alicyclic amines) is 3. The van der Waals surface area contributed by atoms with Crippen molar-refractivity contribution in [3.05, 3.63) is 42.0 Å². The predicted molar refractivity (Wildman–Crippen MR) is 272 cm³/mol. The number of imidazole rings is 1. The topological polar surface area (TPSA) is 181 Å². The lowest BCUT2D eigenvalue weighted by Gasteiger charge is -2.29. The van der Waals surface area contributed by atoms with Gasteiger partial charge in [-0.25, -0.2) is 15.0 Å². The van der Waals surface area contributed by atoms with Crippen LogP contribution in [0.4, 0.5) is 16.8 Å². The molecule has 3 aromatic carbocycles. The Morgan fingerprint density at radius 2 is 1.42 bits per heavy atom. The fraction of sp³-hybridized carbons (Fsp3) is 0.588. The van der Waals surface area contributed by atoms with E-state index in [1.807, 2.05) is 37.4 Å². The van der Waals surface area contributed by atoms with Gasteiger partial charge in [-0.2, -0.15) is 0 Å². The molecule has 4 atom stereocenters. The van der Waals surface area contributed by atoms with Crippen molar-refractivity contribution >= 4 is 55.2 Å². The van der Waals surface area contributed by atoms with Gasteiger partial charge in [0.05, 0.1) is 92.8 Å². The minimum Gasteiger partial charge on any atom is -0.493 e. The van der Waals surface area contributed by atoms with Crippen molar-refractivity contribution in [2.45, 2.75) is 81.9 Å². The molecule has 0 bridgehead atoms. The van der Waals surface area contributed by atoms with E-state index in [9.17, 15) is 0 Å². The highest BCUT2D eigenvalue weighted by atomic mass is 32.1. The van der Waals surface area contributed by atoms with E-state index in [2.05, 4.69) is 35.6 Å². The number of rotatable bonds is 22. The maximum absolute atomic E-state index is 6.83. The number of thiazole rings is 1. The first-order valence-electron chi connectivity index (χ1n) is 25.0. The molecule has 5 aromatic rings. The largest absolute Gasteiger partial charge is 0.493 e. The van der Waals surface area contributed by atoms with Gasteiger partial charge in [0.1, 0.15) is 5.84 Å². The monoisotopic (exact) mass is 967 g/mol. The second-order valence-electron chi connectivity index (χ2n) is 19.3. The van der Waals surface area contributed by atoms with Crippen LogP contribution in [-0.2, 0) is 16.7 Å². The summed E-state index contributed by atoms with van der Waals surface area (Å²) in [5.74, 6) is 6.18. The highest BCUT2D eigenvalue weighted by Gasteiger charge is 2.50. The zero-order chi connectivity index (χ0) is 47.5. The van der Waals surface area contributed by atoms with Crippen molar-refractivity contribution in [2.75, 3.05) is 118 Å². The molecule has 0 amide bonds. The third-order valence-corrected chi connectivity index (χ3v) is 15.9. The van der Waals surface area contributed by atoms with E-state index in [-0.39, 0.29) is 6.10 Å². The highest BCUT2D eigenvalue weighted by Crippen LogP contribution is 2.50. The lowest BCUT2D eigenvalue weighted by molar-refractivity contribution is 0.0953. The molecule has 2 aromatic heterocycles. The number of nitrogen functional groups attached to an aromatic ring is 1. The number of anilines is 2. The van der Waals surface area contributed by atoms with E-state index < -0.39 is 5.41 Å². The van der Waals surface area contributed by atoms with Crippen molar-refractivity contribution in [3.63, 3.8) is 0 Å². The third kappa shape index (κ3) is 9.92. The Hall–Kier alpha value is -5.27. The van der Waals surface area contributed by atoms with Crippen LogP contribution in [0.15, 0.2) is 41.4 Å². The van der Waals surface area contributed by atoms with Gasteiger partial charge < -0.3 is 64.3 Å². The Kier molecular flexibility index (Phi) is 14.4. The molecule has 0 radical (unpaired) electrons. The van der Waals surface area contributed by atoms with Gasteiger partial charge in [-0.05, 0) is 102 Å². The van der Waals surface area contributed by atoms with Gasteiger partial charge >= 0.3 is 0 Å². The van der Waals surface area contributed by atoms with Crippen LogP contribution in [-0.4, -0.2) is 154 Å². The molecular weight excluding hydrogens is 897 g/mol. The molecule has 18 heteroatoms. The standard InChI is InChI=1S/C51H70N10O7S/c1-54-50-57-37-25-45(65-20-8-15-58-13-5-6-14-58)42(63-3)27-40(37)61(50)31-34-29-51(32-68-34)35-23-41(62-2)44(24-36(35)55-48(51)52)67-22-10-18-60-17-7-11-39(60)33-12-19-59(30-33)16-9-21-66-46-26-38-47(28-43(46)64-4)69-49(53)56-38/h23-28,33-34,39H,5-22,29-32H2,1-4H3,(H2,52,55)(H2,53,56)(H,54,57). The molecule has 4 fully saturated rings. The molecule has 4 saturated heterocycles. The number of fused-ring (bicyclic) bond motifs is 4. The van der Waals surface area contributed by atoms with Crippen molar-refractivity contribution in [2.24, 2.45) is 16.6 Å². The number of nitrogens with two attached hydrogens (primary N) is 2. The molecule has 5 N–H and O–H groups in total. The molecule has 7 heterocycles. The fourth-order valence-corrected chi connectivity index (χ4v) is 12.3. The summed E-state index contributed by atoms with van der Waals surface area (Å²) < 4.78 is 46.0. The van der Waals surface area contributed by atoms with Crippen LogP contribution < -0.4 is 45.2 Å². The lowest BCUT2D eigenvalue weighted by Crippen LogP contribution is -2.39. The molecule has 5 aliphatic rings. The Bertz CT molecular complexity index is 2620. The molecule has 69 heavy (non-hydrogen) atoms. The first kappa shape index (κ1) is 47.4. The number of nitrogens with one attached hydrogen (secondary N) is 1. The van der Waals surface area contributed by atoms with Crippen LogP contribution in [0.1, 0.15) is 63.4 Å². The van der Waals surface area contributed by atoms with E-state index in [0.717, 1.165) is 103 Å². The Morgan fingerprint density at radius 1 is 0.739 bits per heavy atom. The highest BCUT2D eigenvalue weighted by molar-refractivity contribution is 7.22. The summed E-state index contributed by atoms with van der Waals surface area (Å²) in [4.78, 5) is 22.1. The van der Waals surface area contributed by atoms with E-state index in [1.165, 1.54) is 56.5 Å². The maximum Gasteiger partial charge on any atom is 0.203 e. The average Bonchev–Trinajstić information content (AvgIpc) is 4.24. The average molecular weight is 967 g/mol. The number of nitrogens with zero attached hydrogens (tertiary/aromatic N) is 7. The number of aromatic nitrogens is 3. The molecule has 10 rings (SSSR count). The van der Waals surface area contributed by atoms with Crippen LogP contribution >= 0.6 is 11.3 Å². The Labute approximate surface area is 409 Å². The quantitative estimate of drug-likeness (QED) is 0.0608. The number of ether oxygens (including phenoxy) is 7. The molecule has 0 saturated carbocycles. The van der Waals surface area contributed by atoms with Gasteiger partial charge in [-0.1, -0.05) is 11.3 Å². The number of hydrogen-bond donors (Lipinski definition) is 3. The summed E-state index contributed by atoms with van der Waals surface area (Å²) in [6.45, 7) is 11.7. The summed E-state index contributed by atoms with van der Waals surface area (Å²) in [6, 6.07) is 12.6. The van der Waals surface area contributed by atoms with Gasteiger partial charge in [0, 0.05) is 69.6 Å². The van der Waals surface area contributed by atoms with Crippen LogP contribution in [0, 0.1) is 5.92 Å². The van der Waals surface area contributed by atoms with E-state index in [1.54, 1.807) is 21.3 Å². The van der Waals surface area contributed by atoms with Gasteiger partial charge in [0.25, 0.3) is 0 Å². The smallest absolute Gasteiger partial charge is 0.203 e. The first-order chi connectivity index (χ1) is 33.7. The number of methoxy groups -OCH3 is 3. The minimum absolute atomic E-state index is 0.146. The van der Waals surface area contributed by atoms with Gasteiger partial charge in [0.15, 0.2) is 39.6 Å². The second kappa shape index (κ2) is 21.0. The minimum atomic E-state index is -0.564. The summed E-state index contributed by atoms with van der Waals surface area (Å²) in [7, 11) is 6.94. The first-order valence-corrected chi connectivity index (χ1v) is 25.8. The molecule has 17 nitrogen and oxygen atoms in total. The summed E-state index contributed by atoms with van der Waals surface area (Å²) >= 11 is 1.45. The molecule has 372 valence electrons. The molecule has 0 aliphatic carbocycles. The predicted octanol–water partition coefficient (Wildman–Crippen LogP) is 6.91. The number of hydrogen-bond acceptors (Lipinski definition) is 17. The fourth-order valence-electron chi connectivity index (χ4n) is 11.6. The normalized spacial score (nSPS) is 22.8. The second-order valence-corrected chi connectivity index (χ2v) is 20.4.